The zero-order chi connectivity index (χ0) is 21.5. The Bertz CT molecular complexity index is 1240. The first-order valence-corrected chi connectivity index (χ1v) is 11.6. The van der Waals surface area contributed by atoms with Crippen LogP contribution < -0.4 is 19.9 Å². The van der Waals surface area contributed by atoms with Crippen molar-refractivity contribution in [2.75, 3.05) is 12.5 Å². The summed E-state index contributed by atoms with van der Waals surface area (Å²) in [5.74, 6) is 1.37. The molecule has 0 bridgehead atoms. The van der Waals surface area contributed by atoms with Gasteiger partial charge in [-0.05, 0) is 42.8 Å². The fourth-order valence-corrected chi connectivity index (χ4v) is 4.47. The molecule has 1 aliphatic heterocycles. The quantitative estimate of drug-likeness (QED) is 0.552. The summed E-state index contributed by atoms with van der Waals surface area (Å²) in [6.07, 6.45) is 0. The Morgan fingerprint density at radius 3 is 2.80 bits per heavy atom. The van der Waals surface area contributed by atoms with Crippen molar-refractivity contribution in [3.8, 4) is 11.5 Å². The second-order valence-corrected chi connectivity index (χ2v) is 9.34. The molecular formula is C19H20N4O5S2. The number of amides is 1. The SMILES string of the molecule is CC(NC(=O)CSc1nc2cc(S(N)(=O)=O)ccc2n1C)c1ccc2c(c1)OCO2. The molecule has 0 spiro atoms. The lowest BCUT2D eigenvalue weighted by atomic mass is 10.1. The van der Waals surface area contributed by atoms with Gasteiger partial charge in [-0.3, -0.25) is 4.79 Å². The van der Waals surface area contributed by atoms with Crippen molar-refractivity contribution in [2.45, 2.75) is 23.0 Å². The van der Waals surface area contributed by atoms with Gasteiger partial charge in [-0.2, -0.15) is 0 Å². The van der Waals surface area contributed by atoms with Crippen LogP contribution in [0.5, 0.6) is 11.5 Å². The highest BCUT2D eigenvalue weighted by Crippen LogP contribution is 2.34. The van der Waals surface area contributed by atoms with Gasteiger partial charge in [-0.15, -0.1) is 0 Å². The van der Waals surface area contributed by atoms with E-state index in [0.717, 1.165) is 11.1 Å². The van der Waals surface area contributed by atoms with Crippen molar-refractivity contribution in [3.63, 3.8) is 0 Å². The summed E-state index contributed by atoms with van der Waals surface area (Å²) >= 11 is 1.27. The molecule has 1 amide bonds. The Kier molecular flexibility index (Phi) is 5.35. The second-order valence-electron chi connectivity index (χ2n) is 6.84. The molecule has 1 unspecified atom stereocenters. The molecule has 9 nitrogen and oxygen atoms in total. The van der Waals surface area contributed by atoms with Crippen LogP contribution in [-0.2, 0) is 21.9 Å². The van der Waals surface area contributed by atoms with Gasteiger partial charge in [0.1, 0.15) is 0 Å². The molecule has 0 saturated carbocycles. The zero-order valence-corrected chi connectivity index (χ0v) is 17.9. The third kappa shape index (κ3) is 4.09. The summed E-state index contributed by atoms with van der Waals surface area (Å²) in [6.45, 7) is 2.09. The number of imidazole rings is 1. The van der Waals surface area contributed by atoms with Crippen molar-refractivity contribution in [3.05, 3.63) is 42.0 Å². The van der Waals surface area contributed by atoms with Gasteiger partial charge in [0.2, 0.25) is 22.7 Å². The summed E-state index contributed by atoms with van der Waals surface area (Å²) in [7, 11) is -2.00. The summed E-state index contributed by atoms with van der Waals surface area (Å²) in [5.41, 5.74) is 2.16. The maximum atomic E-state index is 12.4. The number of primary sulfonamides is 1. The van der Waals surface area contributed by atoms with Gasteiger partial charge in [0.05, 0.1) is 27.7 Å². The van der Waals surface area contributed by atoms with Crippen molar-refractivity contribution in [1.29, 1.82) is 0 Å². The predicted octanol–water partition coefficient (Wildman–Crippen LogP) is 1.92. The van der Waals surface area contributed by atoms with E-state index in [2.05, 4.69) is 10.3 Å². The van der Waals surface area contributed by atoms with E-state index in [0.29, 0.717) is 22.2 Å². The van der Waals surface area contributed by atoms with Crippen LogP contribution in [0.15, 0.2) is 46.5 Å². The van der Waals surface area contributed by atoms with Gasteiger partial charge < -0.3 is 19.4 Å². The van der Waals surface area contributed by atoms with Crippen LogP contribution in [-0.4, -0.2) is 36.4 Å². The molecule has 0 aliphatic carbocycles. The highest BCUT2D eigenvalue weighted by atomic mass is 32.2. The molecular weight excluding hydrogens is 428 g/mol. The maximum absolute atomic E-state index is 12.4. The molecule has 158 valence electrons. The number of nitrogens with one attached hydrogen (secondary N) is 1. The van der Waals surface area contributed by atoms with E-state index in [4.69, 9.17) is 14.6 Å². The van der Waals surface area contributed by atoms with Crippen LogP contribution in [0.1, 0.15) is 18.5 Å². The van der Waals surface area contributed by atoms with Gasteiger partial charge in [-0.25, -0.2) is 18.5 Å². The fourth-order valence-electron chi connectivity index (χ4n) is 3.14. The average Bonchev–Trinajstić information content (AvgIpc) is 3.29. The number of sulfonamides is 1. The number of benzene rings is 2. The third-order valence-electron chi connectivity index (χ3n) is 4.75. The summed E-state index contributed by atoms with van der Waals surface area (Å²) in [5, 5.41) is 8.73. The smallest absolute Gasteiger partial charge is 0.238 e. The van der Waals surface area contributed by atoms with E-state index in [1.54, 1.807) is 13.1 Å². The van der Waals surface area contributed by atoms with Crippen molar-refractivity contribution >= 4 is 38.7 Å². The number of aromatic nitrogens is 2. The van der Waals surface area contributed by atoms with Gasteiger partial charge in [-0.1, -0.05) is 17.8 Å². The molecule has 2 heterocycles. The largest absolute Gasteiger partial charge is 0.454 e. The Morgan fingerprint density at radius 1 is 1.27 bits per heavy atom. The standard InChI is InChI=1S/C19H20N4O5S2/c1-11(12-3-6-16-17(7-12)28-10-27-16)21-18(24)9-29-19-22-14-8-13(30(20,25)26)4-5-15(14)23(19)2/h3-8,11H,9-10H2,1-2H3,(H,21,24)(H2,20,25,26). The molecule has 0 saturated heterocycles. The Balaban J connectivity index is 1.42. The first-order chi connectivity index (χ1) is 14.2. The molecule has 4 rings (SSSR count). The van der Waals surface area contributed by atoms with Crippen LogP contribution in [0.25, 0.3) is 11.0 Å². The van der Waals surface area contributed by atoms with Crippen molar-refractivity contribution in [2.24, 2.45) is 12.2 Å². The third-order valence-corrected chi connectivity index (χ3v) is 6.69. The molecule has 2 aromatic carbocycles. The molecule has 0 fully saturated rings. The van der Waals surface area contributed by atoms with Crippen molar-refractivity contribution < 1.29 is 22.7 Å². The molecule has 0 radical (unpaired) electrons. The molecule has 3 aromatic rings. The van der Waals surface area contributed by atoms with Gasteiger partial charge in [0.15, 0.2) is 16.7 Å². The number of rotatable bonds is 6. The Labute approximate surface area is 177 Å². The van der Waals surface area contributed by atoms with E-state index >= 15 is 0 Å². The van der Waals surface area contributed by atoms with Crippen LogP contribution in [0, 0.1) is 0 Å². The maximum Gasteiger partial charge on any atom is 0.238 e. The molecule has 1 aliphatic rings. The molecule has 11 heteroatoms. The molecule has 1 aromatic heterocycles. The fraction of sp³-hybridized carbons (Fsp3) is 0.263. The minimum atomic E-state index is -3.80. The number of hydrogen-bond donors (Lipinski definition) is 2. The van der Waals surface area contributed by atoms with E-state index in [1.165, 1.54) is 23.9 Å². The highest BCUT2D eigenvalue weighted by Gasteiger charge is 2.18. The lowest BCUT2D eigenvalue weighted by Gasteiger charge is -2.14. The number of nitrogens with two attached hydrogens (primary N) is 1. The van der Waals surface area contributed by atoms with E-state index in [9.17, 15) is 13.2 Å². The van der Waals surface area contributed by atoms with Crippen LogP contribution in [0.3, 0.4) is 0 Å². The van der Waals surface area contributed by atoms with E-state index < -0.39 is 10.0 Å². The molecule has 1 atom stereocenters. The number of fused-ring (bicyclic) bond motifs is 2. The number of carbonyl (C=O) groups excluding carboxylic acids is 1. The number of carbonyl (C=O) groups is 1. The lowest BCUT2D eigenvalue weighted by molar-refractivity contribution is -0.119. The van der Waals surface area contributed by atoms with E-state index in [1.807, 2.05) is 29.7 Å². The number of ether oxygens (including phenoxy) is 2. The number of nitrogens with zero attached hydrogens (tertiary/aromatic N) is 2. The number of aryl methyl sites for hydroxylation is 1. The average molecular weight is 449 g/mol. The minimum absolute atomic E-state index is 0.0000520. The first-order valence-electron chi connectivity index (χ1n) is 9.03. The van der Waals surface area contributed by atoms with Crippen LogP contribution >= 0.6 is 11.8 Å². The van der Waals surface area contributed by atoms with Crippen molar-refractivity contribution in [1.82, 2.24) is 14.9 Å². The van der Waals surface area contributed by atoms with E-state index in [-0.39, 0.29) is 29.4 Å². The summed E-state index contributed by atoms with van der Waals surface area (Å²) < 4.78 is 35.6. The minimum Gasteiger partial charge on any atom is -0.454 e. The van der Waals surface area contributed by atoms with Gasteiger partial charge >= 0.3 is 0 Å². The lowest BCUT2D eigenvalue weighted by Crippen LogP contribution is -2.28. The monoisotopic (exact) mass is 448 g/mol. The molecule has 3 N–H and O–H groups in total. The summed E-state index contributed by atoms with van der Waals surface area (Å²) in [6, 6.07) is 9.88. The highest BCUT2D eigenvalue weighted by molar-refractivity contribution is 7.99. The second kappa shape index (κ2) is 7.82. The first kappa shape index (κ1) is 20.5. The normalized spacial score (nSPS) is 14.1. The van der Waals surface area contributed by atoms with Gasteiger partial charge in [0.25, 0.3) is 0 Å². The number of hydrogen-bond acceptors (Lipinski definition) is 7. The van der Waals surface area contributed by atoms with Gasteiger partial charge in [0, 0.05) is 7.05 Å². The predicted molar refractivity (Wildman–Crippen MR) is 112 cm³/mol. The van der Waals surface area contributed by atoms with Crippen LogP contribution in [0.2, 0.25) is 0 Å². The van der Waals surface area contributed by atoms with Crippen LogP contribution in [0.4, 0.5) is 0 Å². The topological polar surface area (TPSA) is 126 Å². The zero-order valence-electron chi connectivity index (χ0n) is 16.3. The summed E-state index contributed by atoms with van der Waals surface area (Å²) in [4.78, 5) is 16.9. The Hall–Kier alpha value is -2.76. The Morgan fingerprint density at radius 2 is 2.03 bits per heavy atom. The number of thioether (sulfide) groups is 1. The molecule has 30 heavy (non-hydrogen) atoms.